The lowest BCUT2D eigenvalue weighted by Gasteiger charge is -2.08. The lowest BCUT2D eigenvalue weighted by atomic mass is 10.2. The molecule has 0 saturated heterocycles. The molecule has 0 spiro atoms. The third-order valence-electron chi connectivity index (χ3n) is 2.48. The van der Waals surface area contributed by atoms with Crippen molar-refractivity contribution >= 4 is 17.4 Å². The minimum atomic E-state index is -0.231. The SMILES string of the molecule is Cc1cccc(Sc2c(C)c[nH]c(=O)c2N)c1. The number of aromatic amines is 1. The number of rotatable bonds is 2. The molecule has 1 aromatic carbocycles. The fraction of sp³-hybridized carbons (Fsp3) is 0.154. The Hall–Kier alpha value is -1.68. The maximum absolute atomic E-state index is 11.5. The Bertz CT molecular complexity index is 605. The number of hydrogen-bond donors (Lipinski definition) is 2. The molecule has 1 heterocycles. The van der Waals surface area contributed by atoms with Gasteiger partial charge in [-0.15, -0.1) is 0 Å². The lowest BCUT2D eigenvalue weighted by Crippen LogP contribution is -2.13. The predicted molar refractivity (Wildman–Crippen MR) is 71.5 cm³/mol. The number of aromatic nitrogens is 1. The summed E-state index contributed by atoms with van der Waals surface area (Å²) in [5.41, 5.74) is 8.03. The predicted octanol–water partition coefficient (Wildman–Crippen LogP) is 2.73. The number of hydrogen-bond acceptors (Lipinski definition) is 3. The highest BCUT2D eigenvalue weighted by Crippen LogP contribution is 2.32. The summed E-state index contributed by atoms with van der Waals surface area (Å²) < 4.78 is 0. The van der Waals surface area contributed by atoms with Gasteiger partial charge in [0.2, 0.25) is 0 Å². The zero-order chi connectivity index (χ0) is 12.4. The van der Waals surface area contributed by atoms with E-state index in [1.54, 1.807) is 6.20 Å². The average molecular weight is 246 g/mol. The van der Waals surface area contributed by atoms with Gasteiger partial charge >= 0.3 is 0 Å². The fourth-order valence-corrected chi connectivity index (χ4v) is 2.61. The number of H-pyrrole nitrogens is 1. The summed E-state index contributed by atoms with van der Waals surface area (Å²) in [5.74, 6) is 0. The van der Waals surface area contributed by atoms with Crippen LogP contribution in [0.3, 0.4) is 0 Å². The van der Waals surface area contributed by atoms with Gasteiger partial charge in [-0.1, -0.05) is 29.5 Å². The van der Waals surface area contributed by atoms with Crippen molar-refractivity contribution in [3.05, 3.63) is 51.9 Å². The minimum Gasteiger partial charge on any atom is -0.393 e. The molecule has 3 N–H and O–H groups in total. The number of benzene rings is 1. The van der Waals surface area contributed by atoms with E-state index in [9.17, 15) is 4.79 Å². The summed E-state index contributed by atoms with van der Waals surface area (Å²) in [4.78, 5) is 16.0. The molecule has 0 atom stereocenters. The van der Waals surface area contributed by atoms with Crippen LogP contribution in [0.15, 0.2) is 45.0 Å². The number of nitrogens with one attached hydrogen (secondary N) is 1. The third kappa shape index (κ3) is 2.53. The van der Waals surface area contributed by atoms with Crippen LogP contribution in [0, 0.1) is 13.8 Å². The van der Waals surface area contributed by atoms with Crippen LogP contribution < -0.4 is 11.3 Å². The highest BCUT2D eigenvalue weighted by atomic mass is 32.2. The number of nitrogens with two attached hydrogens (primary N) is 1. The van der Waals surface area contributed by atoms with E-state index in [1.165, 1.54) is 17.3 Å². The molecule has 2 rings (SSSR count). The number of pyridine rings is 1. The standard InChI is InChI=1S/C13H14N2OS/c1-8-4-3-5-10(6-8)17-12-9(2)7-15-13(16)11(12)14/h3-7H,14H2,1-2H3,(H,15,16). The quantitative estimate of drug-likeness (QED) is 0.856. The maximum atomic E-state index is 11.5. The van der Waals surface area contributed by atoms with Crippen LogP contribution in [-0.2, 0) is 0 Å². The van der Waals surface area contributed by atoms with Gasteiger partial charge in [0.05, 0.1) is 0 Å². The smallest absolute Gasteiger partial charge is 0.272 e. The number of nitrogen functional groups attached to an aromatic ring is 1. The van der Waals surface area contributed by atoms with E-state index < -0.39 is 0 Å². The van der Waals surface area contributed by atoms with Crippen molar-refractivity contribution < 1.29 is 0 Å². The third-order valence-corrected chi connectivity index (χ3v) is 3.71. The van der Waals surface area contributed by atoms with Crippen molar-refractivity contribution in [3.8, 4) is 0 Å². The van der Waals surface area contributed by atoms with Gasteiger partial charge in [0, 0.05) is 16.0 Å². The molecular formula is C13H14N2OS. The Kier molecular flexibility index (Phi) is 3.24. The van der Waals surface area contributed by atoms with Crippen molar-refractivity contribution in [1.82, 2.24) is 4.98 Å². The van der Waals surface area contributed by atoms with E-state index in [0.717, 1.165) is 15.4 Å². The molecule has 0 radical (unpaired) electrons. The second kappa shape index (κ2) is 4.67. The largest absolute Gasteiger partial charge is 0.393 e. The highest BCUT2D eigenvalue weighted by molar-refractivity contribution is 7.99. The monoisotopic (exact) mass is 246 g/mol. The van der Waals surface area contributed by atoms with E-state index in [-0.39, 0.29) is 11.2 Å². The Balaban J connectivity index is 2.43. The summed E-state index contributed by atoms with van der Waals surface area (Å²) in [6.07, 6.45) is 1.69. The van der Waals surface area contributed by atoms with Gasteiger partial charge in [0.25, 0.3) is 5.56 Å². The summed E-state index contributed by atoms with van der Waals surface area (Å²) in [6.45, 7) is 3.97. The first-order chi connectivity index (χ1) is 8.08. The molecule has 0 aliphatic heterocycles. The molecule has 0 aliphatic rings. The van der Waals surface area contributed by atoms with Crippen LogP contribution in [-0.4, -0.2) is 4.98 Å². The molecule has 1 aromatic heterocycles. The molecule has 0 amide bonds. The average Bonchev–Trinajstić information content (AvgIpc) is 2.30. The van der Waals surface area contributed by atoms with Gasteiger partial charge in [-0.25, -0.2) is 0 Å². The van der Waals surface area contributed by atoms with Crippen LogP contribution in [0.2, 0.25) is 0 Å². The van der Waals surface area contributed by atoms with Crippen molar-refractivity contribution in [2.24, 2.45) is 0 Å². The topological polar surface area (TPSA) is 58.9 Å². The molecule has 3 nitrogen and oxygen atoms in total. The van der Waals surface area contributed by atoms with Crippen LogP contribution in [0.4, 0.5) is 5.69 Å². The summed E-state index contributed by atoms with van der Waals surface area (Å²) in [7, 11) is 0. The fourth-order valence-electron chi connectivity index (χ4n) is 1.56. The van der Waals surface area contributed by atoms with Gasteiger partial charge in [0.15, 0.2) is 0 Å². The van der Waals surface area contributed by atoms with E-state index in [4.69, 9.17) is 5.73 Å². The molecule has 0 aliphatic carbocycles. The Labute approximate surface area is 104 Å². The van der Waals surface area contributed by atoms with E-state index in [1.807, 2.05) is 32.0 Å². The summed E-state index contributed by atoms with van der Waals surface area (Å²) in [5, 5.41) is 0. The maximum Gasteiger partial charge on any atom is 0.272 e. The number of anilines is 1. The van der Waals surface area contributed by atoms with Crippen LogP contribution >= 0.6 is 11.8 Å². The molecule has 0 saturated carbocycles. The van der Waals surface area contributed by atoms with Gasteiger partial charge < -0.3 is 10.7 Å². The molecule has 17 heavy (non-hydrogen) atoms. The van der Waals surface area contributed by atoms with Crippen molar-refractivity contribution in [1.29, 1.82) is 0 Å². The molecule has 88 valence electrons. The highest BCUT2D eigenvalue weighted by Gasteiger charge is 2.08. The van der Waals surface area contributed by atoms with Crippen LogP contribution in [0.25, 0.3) is 0 Å². The van der Waals surface area contributed by atoms with Crippen molar-refractivity contribution in [3.63, 3.8) is 0 Å². The first-order valence-corrected chi connectivity index (χ1v) is 6.12. The van der Waals surface area contributed by atoms with Gasteiger partial charge in [-0.3, -0.25) is 4.79 Å². The van der Waals surface area contributed by atoms with E-state index in [0.29, 0.717) is 0 Å². The summed E-state index contributed by atoms with van der Waals surface area (Å²) >= 11 is 1.52. The molecule has 4 heteroatoms. The Morgan fingerprint density at radius 2 is 2.06 bits per heavy atom. The van der Waals surface area contributed by atoms with E-state index >= 15 is 0 Å². The van der Waals surface area contributed by atoms with Gasteiger partial charge in [0.1, 0.15) is 5.69 Å². The molecule has 2 aromatic rings. The normalized spacial score (nSPS) is 10.5. The second-order valence-electron chi connectivity index (χ2n) is 3.96. The van der Waals surface area contributed by atoms with Crippen molar-refractivity contribution in [2.45, 2.75) is 23.6 Å². The van der Waals surface area contributed by atoms with Gasteiger partial charge in [-0.05, 0) is 31.5 Å². The minimum absolute atomic E-state index is 0.231. The molecule has 0 fully saturated rings. The van der Waals surface area contributed by atoms with Crippen LogP contribution in [0.1, 0.15) is 11.1 Å². The molecular weight excluding hydrogens is 232 g/mol. The first-order valence-electron chi connectivity index (χ1n) is 5.30. The van der Waals surface area contributed by atoms with Gasteiger partial charge in [-0.2, -0.15) is 0 Å². The zero-order valence-corrected chi connectivity index (χ0v) is 10.6. The lowest BCUT2D eigenvalue weighted by molar-refractivity contribution is 1.14. The zero-order valence-electron chi connectivity index (χ0n) is 9.78. The first kappa shape index (κ1) is 11.8. The van der Waals surface area contributed by atoms with Crippen molar-refractivity contribution in [2.75, 3.05) is 5.73 Å². The van der Waals surface area contributed by atoms with Crippen LogP contribution in [0.5, 0.6) is 0 Å². The Morgan fingerprint density at radius 3 is 2.76 bits per heavy atom. The molecule has 0 unspecified atom stereocenters. The molecule has 0 bridgehead atoms. The Morgan fingerprint density at radius 1 is 1.29 bits per heavy atom. The summed E-state index contributed by atoms with van der Waals surface area (Å²) in [6, 6.07) is 8.12. The second-order valence-corrected chi connectivity index (χ2v) is 5.05. The number of aryl methyl sites for hydroxylation is 2. The van der Waals surface area contributed by atoms with E-state index in [2.05, 4.69) is 11.1 Å².